The zero-order valence-electron chi connectivity index (χ0n) is 14.9. The smallest absolute Gasteiger partial charge is 0.119 e. The van der Waals surface area contributed by atoms with Gasteiger partial charge in [0.2, 0.25) is 0 Å². The maximum absolute atomic E-state index is 13.5. The molecule has 25 heavy (non-hydrogen) atoms. The van der Waals surface area contributed by atoms with Crippen molar-refractivity contribution in [1.29, 1.82) is 0 Å². The zero-order chi connectivity index (χ0) is 17.7. The number of aryl methyl sites for hydroxylation is 1. The van der Waals surface area contributed by atoms with E-state index in [1.54, 1.807) is 7.11 Å². The number of rotatable bonds is 6. The summed E-state index contributed by atoms with van der Waals surface area (Å²) < 4.78 is 20.9. The Bertz CT molecular complexity index is 787. The number of ether oxygens (including phenoxy) is 1. The van der Waals surface area contributed by atoms with E-state index in [-0.39, 0.29) is 0 Å². The van der Waals surface area contributed by atoms with Crippen LogP contribution in [0.3, 0.4) is 0 Å². The van der Waals surface area contributed by atoms with Gasteiger partial charge in [0.15, 0.2) is 0 Å². The van der Waals surface area contributed by atoms with Gasteiger partial charge in [-0.3, -0.25) is 0 Å². The predicted octanol–water partition coefficient (Wildman–Crippen LogP) is 4.17. The number of nitrogens with zero attached hydrogens (tertiary/aromatic N) is 1. The summed E-state index contributed by atoms with van der Waals surface area (Å²) in [5.41, 5.74) is 1.26. The van der Waals surface area contributed by atoms with Crippen LogP contribution in [-0.2, 0) is 16.1 Å². The van der Waals surface area contributed by atoms with Crippen LogP contribution in [0.15, 0.2) is 59.5 Å². The average Bonchev–Trinajstić information content (AvgIpc) is 2.67. The quantitative estimate of drug-likeness (QED) is 0.726. The van der Waals surface area contributed by atoms with Crippen molar-refractivity contribution in [2.45, 2.75) is 43.0 Å². The lowest BCUT2D eigenvalue weighted by molar-refractivity contribution is 0.250. The third kappa shape index (κ3) is 4.25. The van der Waals surface area contributed by atoms with Gasteiger partial charge < -0.3 is 4.74 Å². The van der Waals surface area contributed by atoms with E-state index in [4.69, 9.17) is 4.74 Å². The molecule has 2 aromatic carbocycles. The third-order valence-corrected chi connectivity index (χ3v) is 7.21. The van der Waals surface area contributed by atoms with Gasteiger partial charge in [0, 0.05) is 17.5 Å². The van der Waals surface area contributed by atoms with E-state index in [9.17, 15) is 4.21 Å². The fourth-order valence-corrected chi connectivity index (χ4v) is 5.55. The van der Waals surface area contributed by atoms with Crippen molar-refractivity contribution in [3.63, 3.8) is 0 Å². The molecular formula is C21H27NO2S. The molecule has 0 spiro atoms. The van der Waals surface area contributed by atoms with E-state index in [0.29, 0.717) is 6.04 Å². The second-order valence-corrected chi connectivity index (χ2v) is 8.86. The Morgan fingerprint density at radius 1 is 1.16 bits per heavy atom. The number of benzene rings is 2. The van der Waals surface area contributed by atoms with Crippen molar-refractivity contribution in [2.24, 2.45) is 0 Å². The van der Waals surface area contributed by atoms with Crippen LogP contribution in [0, 0.1) is 0 Å². The summed E-state index contributed by atoms with van der Waals surface area (Å²) in [5.74, 6) is 5.02. The molecule has 2 atom stereocenters. The third-order valence-electron chi connectivity index (χ3n) is 4.96. The van der Waals surface area contributed by atoms with Crippen LogP contribution < -0.4 is 4.74 Å². The lowest BCUT2D eigenvalue weighted by Crippen LogP contribution is -2.43. The fraction of sp³-hybridized carbons (Fsp3) is 0.381. The maximum Gasteiger partial charge on any atom is 0.119 e. The van der Waals surface area contributed by atoms with Gasteiger partial charge in [-0.15, -0.1) is 0 Å². The minimum Gasteiger partial charge on any atom is -0.497 e. The van der Waals surface area contributed by atoms with Crippen LogP contribution in [0.5, 0.6) is 5.75 Å². The number of methoxy groups -OCH3 is 1. The Morgan fingerprint density at radius 2 is 1.96 bits per heavy atom. The minimum absolute atomic E-state index is 0.310. The van der Waals surface area contributed by atoms with Crippen LogP contribution in [0.25, 0.3) is 0 Å². The van der Waals surface area contributed by atoms with Crippen molar-refractivity contribution in [2.75, 3.05) is 13.7 Å². The van der Waals surface area contributed by atoms with Gasteiger partial charge in [-0.2, -0.15) is 0 Å². The number of piperidine rings is 1. The van der Waals surface area contributed by atoms with E-state index in [1.807, 2.05) is 42.5 Å². The first-order chi connectivity index (χ1) is 12.1. The molecule has 0 saturated carbocycles. The SMILES string of the molecule is C=S(=O)(c1ccccc1)N1CCCCC1CCc1cccc(OC)c1. The Kier molecular flexibility index (Phi) is 5.82. The summed E-state index contributed by atoms with van der Waals surface area (Å²) in [4.78, 5) is 0.836. The molecule has 1 saturated heterocycles. The average molecular weight is 358 g/mol. The minimum atomic E-state index is -2.42. The van der Waals surface area contributed by atoms with Gasteiger partial charge >= 0.3 is 0 Å². The van der Waals surface area contributed by atoms with Crippen LogP contribution in [0.2, 0.25) is 0 Å². The molecule has 0 amide bonds. The van der Waals surface area contributed by atoms with E-state index >= 15 is 0 Å². The maximum atomic E-state index is 13.5. The molecule has 1 aliphatic rings. The van der Waals surface area contributed by atoms with Gasteiger partial charge in [-0.05, 0) is 61.4 Å². The van der Waals surface area contributed by atoms with E-state index in [2.05, 4.69) is 22.3 Å². The first kappa shape index (κ1) is 18.0. The van der Waals surface area contributed by atoms with Crippen molar-refractivity contribution in [1.82, 2.24) is 4.31 Å². The van der Waals surface area contributed by atoms with Crippen molar-refractivity contribution in [3.8, 4) is 5.75 Å². The first-order valence-electron chi connectivity index (χ1n) is 8.93. The normalized spacial score (nSPS) is 20.8. The Morgan fingerprint density at radius 3 is 2.72 bits per heavy atom. The van der Waals surface area contributed by atoms with E-state index in [0.717, 1.165) is 42.9 Å². The highest BCUT2D eigenvalue weighted by atomic mass is 32.2. The Labute approximate surface area is 151 Å². The first-order valence-corrected chi connectivity index (χ1v) is 10.6. The fourth-order valence-electron chi connectivity index (χ4n) is 3.58. The summed E-state index contributed by atoms with van der Waals surface area (Å²) in [6.45, 7) is 0.861. The highest BCUT2D eigenvalue weighted by Crippen LogP contribution is 2.28. The Balaban J connectivity index is 1.75. The largest absolute Gasteiger partial charge is 0.497 e. The molecule has 2 aromatic rings. The summed E-state index contributed by atoms with van der Waals surface area (Å²) in [6.07, 6.45) is 5.33. The van der Waals surface area contributed by atoms with Crippen LogP contribution in [0.1, 0.15) is 31.2 Å². The molecule has 134 valence electrons. The molecule has 1 fully saturated rings. The molecule has 1 aliphatic heterocycles. The monoisotopic (exact) mass is 357 g/mol. The number of hydrogen-bond donors (Lipinski definition) is 0. The molecule has 0 bridgehead atoms. The van der Waals surface area contributed by atoms with Gasteiger partial charge in [-0.1, -0.05) is 36.8 Å². The molecule has 4 heteroatoms. The van der Waals surface area contributed by atoms with Gasteiger partial charge in [0.25, 0.3) is 0 Å². The molecule has 0 N–H and O–H groups in total. The highest BCUT2D eigenvalue weighted by Gasteiger charge is 2.29. The molecular weight excluding hydrogens is 330 g/mol. The zero-order valence-corrected chi connectivity index (χ0v) is 15.7. The van der Waals surface area contributed by atoms with Crippen LogP contribution >= 0.6 is 0 Å². The van der Waals surface area contributed by atoms with Gasteiger partial charge in [0.05, 0.1) is 16.8 Å². The molecule has 2 unspecified atom stereocenters. The van der Waals surface area contributed by atoms with Crippen LogP contribution in [-0.4, -0.2) is 34.1 Å². The molecule has 3 nitrogen and oxygen atoms in total. The topological polar surface area (TPSA) is 29.5 Å². The van der Waals surface area contributed by atoms with E-state index < -0.39 is 9.71 Å². The molecule has 1 heterocycles. The predicted molar refractivity (Wildman–Crippen MR) is 106 cm³/mol. The van der Waals surface area contributed by atoms with Crippen LogP contribution in [0.4, 0.5) is 0 Å². The van der Waals surface area contributed by atoms with Gasteiger partial charge in [0.1, 0.15) is 5.75 Å². The summed E-state index contributed by atoms with van der Waals surface area (Å²) in [7, 11) is -0.726. The second-order valence-electron chi connectivity index (χ2n) is 6.63. The second kappa shape index (κ2) is 8.07. The molecule has 0 radical (unpaired) electrons. The molecule has 0 aromatic heterocycles. The number of hydrogen-bond acceptors (Lipinski definition) is 2. The summed E-state index contributed by atoms with van der Waals surface area (Å²) >= 11 is 0. The summed E-state index contributed by atoms with van der Waals surface area (Å²) in [6, 6.07) is 18.2. The summed E-state index contributed by atoms with van der Waals surface area (Å²) in [5, 5.41) is 0. The van der Waals surface area contributed by atoms with Crippen molar-refractivity contribution in [3.05, 3.63) is 60.2 Å². The standard InChI is InChI=1S/C21H27NO2S/c1-24-20-11-8-9-18(17-20)14-15-19-10-6-7-16-22(19)25(2,23)21-12-4-3-5-13-21/h3-5,8-9,11-13,17,19H,2,6-7,10,14-16H2,1H3. The van der Waals surface area contributed by atoms with Crippen molar-refractivity contribution >= 4 is 15.6 Å². The Hall–Kier alpha value is -1.78. The highest BCUT2D eigenvalue weighted by molar-refractivity contribution is 7.98. The van der Waals surface area contributed by atoms with Gasteiger partial charge in [-0.25, -0.2) is 8.51 Å². The van der Waals surface area contributed by atoms with E-state index in [1.165, 1.54) is 12.0 Å². The molecule has 0 aliphatic carbocycles. The lowest BCUT2D eigenvalue weighted by atomic mass is 9.98. The lowest BCUT2D eigenvalue weighted by Gasteiger charge is -2.37. The molecule has 3 rings (SSSR count). The van der Waals surface area contributed by atoms with Crippen molar-refractivity contribution < 1.29 is 8.95 Å².